The Balaban J connectivity index is -0.000000107. The molecule has 0 spiro atoms. The van der Waals surface area contributed by atoms with Crippen molar-refractivity contribution in [2.75, 3.05) is 20.8 Å². The summed E-state index contributed by atoms with van der Waals surface area (Å²) in [6.07, 6.45) is -0.0417. The highest BCUT2D eigenvalue weighted by Crippen LogP contribution is 1.62. The van der Waals surface area contributed by atoms with Gasteiger partial charge in [-0.2, -0.15) is 0 Å². The van der Waals surface area contributed by atoms with Crippen molar-refractivity contribution in [3.8, 4) is 0 Å². The zero-order valence-electron chi connectivity index (χ0n) is 5.72. The van der Waals surface area contributed by atoms with Gasteiger partial charge in [-0.1, -0.05) is 7.43 Å². The van der Waals surface area contributed by atoms with E-state index in [-0.39, 0.29) is 20.4 Å². The largest absolute Gasteiger partial charge is 0.550 e. The number of carbonyl (C=O) groups is 1. The summed E-state index contributed by atoms with van der Waals surface area (Å²) in [5.41, 5.74) is 4.81. The van der Waals surface area contributed by atoms with Gasteiger partial charge in [0.2, 0.25) is 0 Å². The van der Waals surface area contributed by atoms with E-state index in [1.807, 2.05) is 0 Å². The van der Waals surface area contributed by atoms with Crippen LogP contribution in [0.5, 0.6) is 0 Å². The van der Waals surface area contributed by atoms with Gasteiger partial charge in [0.1, 0.15) is 0 Å². The van der Waals surface area contributed by atoms with Crippen LogP contribution in [0.25, 0.3) is 0 Å². The molecule has 2 N–H and O–H groups in total. The van der Waals surface area contributed by atoms with Gasteiger partial charge in [0.25, 0.3) is 0 Å². The second-order valence-electron chi connectivity index (χ2n) is 1.32. The highest BCUT2D eigenvalue weighted by Gasteiger charge is 1.75. The van der Waals surface area contributed by atoms with E-state index in [2.05, 4.69) is 4.74 Å². The Labute approximate surface area is 62.0 Å². The fourth-order valence-electron chi connectivity index (χ4n) is 0.118. The number of carbonyl (C=O) groups excluding carboxylic acids is 1. The van der Waals surface area contributed by atoms with Gasteiger partial charge in [-0.25, -0.2) is 0 Å². The van der Waals surface area contributed by atoms with E-state index in [1.165, 1.54) is 0 Å². The minimum absolute atomic E-state index is 0. The molecule has 0 bridgehead atoms. The molecule has 0 radical (unpaired) electrons. The van der Waals surface area contributed by atoms with Crippen molar-refractivity contribution in [3.05, 3.63) is 0 Å². The minimum atomic E-state index is -1.09. The van der Waals surface area contributed by atoms with Gasteiger partial charge in [-0.05, 0) is 13.0 Å². The predicted molar refractivity (Wildman–Crippen MR) is 38.3 cm³/mol. The topological polar surface area (TPSA) is 75.4 Å². The Bertz CT molecular complexity index is 66.0. The summed E-state index contributed by atoms with van der Waals surface area (Å²) in [4.78, 5) is 9.41. The highest BCUT2D eigenvalue weighted by atomic mass is 16.4. The van der Waals surface area contributed by atoms with Crippen molar-refractivity contribution >= 4 is 5.97 Å². The van der Waals surface area contributed by atoms with Crippen LogP contribution in [0.3, 0.4) is 0 Å². The SMILES string of the molecule is C.COC.NCCC(=O)[O-]. The van der Waals surface area contributed by atoms with Crippen molar-refractivity contribution in [2.24, 2.45) is 5.73 Å². The number of nitrogens with two attached hydrogens (primary N) is 1. The van der Waals surface area contributed by atoms with Crippen LogP contribution in [-0.4, -0.2) is 26.7 Å². The van der Waals surface area contributed by atoms with Gasteiger partial charge in [0.15, 0.2) is 0 Å². The predicted octanol–water partition coefficient (Wildman–Crippen LogP) is -1.02. The summed E-state index contributed by atoms with van der Waals surface area (Å²) in [6.45, 7) is 0.169. The number of rotatable bonds is 2. The van der Waals surface area contributed by atoms with Gasteiger partial charge < -0.3 is 20.4 Å². The normalized spacial score (nSPS) is 6.70. The van der Waals surface area contributed by atoms with Crippen LogP contribution in [0.2, 0.25) is 0 Å². The number of carboxylic acids is 1. The zero-order chi connectivity index (χ0) is 7.70. The Morgan fingerprint density at radius 2 is 1.90 bits per heavy atom. The molecule has 0 aromatic heterocycles. The van der Waals surface area contributed by atoms with Crippen LogP contribution >= 0.6 is 0 Å². The Hall–Kier alpha value is -0.610. The van der Waals surface area contributed by atoms with Crippen LogP contribution in [0.4, 0.5) is 0 Å². The molecule has 0 aromatic rings. The number of carboxylic acid groups (broad SMARTS) is 1. The summed E-state index contributed by atoms with van der Waals surface area (Å²) in [5, 5.41) is 9.41. The highest BCUT2D eigenvalue weighted by molar-refractivity contribution is 5.64. The van der Waals surface area contributed by atoms with E-state index in [0.29, 0.717) is 0 Å². The van der Waals surface area contributed by atoms with Crippen LogP contribution < -0.4 is 10.8 Å². The third-order valence-electron chi connectivity index (χ3n) is 0.348. The standard InChI is InChI=1S/C3H7NO2.C2H6O.CH4/c4-2-1-3(5)6;1-3-2;/h1-2,4H2,(H,5,6);1-2H3;1H4/p-1. The molecule has 0 aliphatic rings. The lowest BCUT2D eigenvalue weighted by atomic mass is 10.5. The molecule has 0 rings (SSSR count). The molecular formula is C6H16NO3-. The lowest BCUT2D eigenvalue weighted by molar-refractivity contribution is -0.305. The quantitative estimate of drug-likeness (QED) is 0.547. The molecule has 64 valence electrons. The first-order chi connectivity index (χ1) is 4.18. The fourth-order valence-corrected chi connectivity index (χ4v) is 0.118. The van der Waals surface area contributed by atoms with E-state index < -0.39 is 5.97 Å². The van der Waals surface area contributed by atoms with E-state index in [0.717, 1.165) is 0 Å². The smallest absolute Gasteiger partial charge is 0.0426 e. The van der Waals surface area contributed by atoms with Crippen molar-refractivity contribution in [1.82, 2.24) is 0 Å². The average molecular weight is 150 g/mol. The number of hydrogen-bond donors (Lipinski definition) is 1. The Morgan fingerprint density at radius 1 is 1.60 bits per heavy atom. The molecule has 0 aliphatic heterocycles. The first kappa shape index (κ1) is 16.2. The summed E-state index contributed by atoms with van der Waals surface area (Å²) < 4.78 is 4.25. The monoisotopic (exact) mass is 150 g/mol. The van der Waals surface area contributed by atoms with Crippen LogP contribution in [-0.2, 0) is 9.53 Å². The molecule has 0 fully saturated rings. The number of ether oxygens (including phenoxy) is 1. The third-order valence-corrected chi connectivity index (χ3v) is 0.348. The van der Waals surface area contributed by atoms with Gasteiger partial charge in [-0.15, -0.1) is 0 Å². The molecule has 0 saturated carbocycles. The second kappa shape index (κ2) is 15.8. The summed E-state index contributed by atoms with van der Waals surface area (Å²) in [7, 11) is 3.25. The molecule has 0 heterocycles. The molecule has 4 heteroatoms. The second-order valence-corrected chi connectivity index (χ2v) is 1.32. The van der Waals surface area contributed by atoms with Crippen LogP contribution in [0.1, 0.15) is 13.8 Å². The maximum atomic E-state index is 9.41. The summed E-state index contributed by atoms with van der Waals surface area (Å²) in [6, 6.07) is 0. The Kier molecular flexibility index (Phi) is 25.5. The summed E-state index contributed by atoms with van der Waals surface area (Å²) in [5.74, 6) is -1.09. The Morgan fingerprint density at radius 3 is 1.90 bits per heavy atom. The molecule has 0 aromatic carbocycles. The molecule has 0 amide bonds. The zero-order valence-corrected chi connectivity index (χ0v) is 5.72. The molecule has 4 nitrogen and oxygen atoms in total. The average Bonchev–Trinajstić information content (AvgIpc) is 1.67. The third kappa shape index (κ3) is 52.8. The molecule has 0 saturated heterocycles. The van der Waals surface area contributed by atoms with Crippen molar-refractivity contribution in [1.29, 1.82) is 0 Å². The maximum Gasteiger partial charge on any atom is 0.0426 e. The van der Waals surface area contributed by atoms with E-state index in [9.17, 15) is 9.90 Å². The molecule has 0 atom stereocenters. The van der Waals surface area contributed by atoms with Gasteiger partial charge in [0, 0.05) is 20.2 Å². The van der Waals surface area contributed by atoms with Crippen molar-refractivity contribution in [2.45, 2.75) is 13.8 Å². The summed E-state index contributed by atoms with van der Waals surface area (Å²) >= 11 is 0. The van der Waals surface area contributed by atoms with E-state index in [1.54, 1.807) is 14.2 Å². The maximum absolute atomic E-state index is 9.41. The molecule has 0 unspecified atom stereocenters. The van der Waals surface area contributed by atoms with E-state index >= 15 is 0 Å². The van der Waals surface area contributed by atoms with Crippen LogP contribution in [0, 0.1) is 0 Å². The van der Waals surface area contributed by atoms with Gasteiger partial charge >= 0.3 is 0 Å². The first-order valence-corrected chi connectivity index (χ1v) is 2.49. The van der Waals surface area contributed by atoms with Gasteiger partial charge in [0.05, 0.1) is 0 Å². The number of methoxy groups -OCH3 is 1. The van der Waals surface area contributed by atoms with E-state index in [4.69, 9.17) is 5.73 Å². The molecule has 0 aliphatic carbocycles. The first-order valence-electron chi connectivity index (χ1n) is 2.49. The van der Waals surface area contributed by atoms with Crippen LogP contribution in [0.15, 0.2) is 0 Å². The minimum Gasteiger partial charge on any atom is -0.550 e. The van der Waals surface area contributed by atoms with Crippen molar-refractivity contribution < 1.29 is 14.6 Å². The molecule has 10 heavy (non-hydrogen) atoms. The van der Waals surface area contributed by atoms with Crippen molar-refractivity contribution in [3.63, 3.8) is 0 Å². The lowest BCUT2D eigenvalue weighted by Crippen LogP contribution is -2.24. The fraction of sp³-hybridized carbons (Fsp3) is 0.833. The number of hydrogen-bond acceptors (Lipinski definition) is 4. The van der Waals surface area contributed by atoms with Gasteiger partial charge in [-0.3, -0.25) is 0 Å². The number of aliphatic carboxylic acids is 1. The molecular weight excluding hydrogens is 134 g/mol. The lowest BCUT2D eigenvalue weighted by Gasteiger charge is -1.92.